The number of aromatic nitrogens is 2. The van der Waals surface area contributed by atoms with Gasteiger partial charge in [0.1, 0.15) is 12.4 Å². The second kappa shape index (κ2) is 14.5. The maximum absolute atomic E-state index is 12.6. The first-order chi connectivity index (χ1) is 24.2. The van der Waals surface area contributed by atoms with E-state index in [2.05, 4.69) is 60.4 Å². The van der Waals surface area contributed by atoms with Crippen molar-refractivity contribution < 1.29 is 13.2 Å². The molecule has 11 heteroatoms. The van der Waals surface area contributed by atoms with E-state index in [1.807, 2.05) is 27.6 Å². The van der Waals surface area contributed by atoms with E-state index in [1.54, 1.807) is 30.3 Å². The molecule has 0 bridgehead atoms. The van der Waals surface area contributed by atoms with E-state index in [0.717, 1.165) is 51.4 Å². The molecule has 2 fully saturated rings. The maximum Gasteiger partial charge on any atom is 0.326 e. The number of carbonyl (C=O) groups is 1. The largest absolute Gasteiger partial charge is 0.372 e. The zero-order chi connectivity index (χ0) is 34.8. The highest BCUT2D eigenvalue weighted by molar-refractivity contribution is 7.92. The van der Waals surface area contributed by atoms with Crippen LogP contribution in [0.2, 0.25) is 10.0 Å². The number of imidazole rings is 1. The Balaban J connectivity index is 1.15. The fraction of sp³-hybridized carbons (Fsp3) is 0.282. The summed E-state index contributed by atoms with van der Waals surface area (Å²) in [6.07, 6.45) is 9.16. The van der Waals surface area contributed by atoms with Crippen molar-refractivity contribution in [2.24, 2.45) is 5.92 Å². The molecule has 258 valence electrons. The summed E-state index contributed by atoms with van der Waals surface area (Å²) in [7, 11) is -3.96. The van der Waals surface area contributed by atoms with Crippen LogP contribution >= 0.6 is 23.2 Å². The summed E-state index contributed by atoms with van der Waals surface area (Å²) in [6.45, 7) is 4.10. The van der Waals surface area contributed by atoms with Crippen LogP contribution in [0.15, 0.2) is 97.2 Å². The first kappa shape index (κ1) is 34.2. The number of hydrogen-bond acceptors (Lipinski definition) is 5. The maximum atomic E-state index is 12.6. The molecular weight excluding hydrogens is 689 g/mol. The van der Waals surface area contributed by atoms with E-state index in [0.29, 0.717) is 33.5 Å². The Morgan fingerprint density at radius 1 is 0.880 bits per heavy atom. The standard InChI is InChI=1S/C39H39Cl2N5O3S/c1-2-44(24-28-7-4-3-5-8-28)32-18-15-30(16-19-32)29-13-11-27(12-14-29)21-38-42-37(35-20-17-31(40)22-36(35)41)25-45(38)33-9-6-10-34(23-33)46-26-39(47)43-50(46,48)49/h6,9-20,22-23,25,28H,2-5,7-8,21,24,26H2,1H3,(H,43,47). The number of amides is 1. The first-order valence-corrected chi connectivity index (χ1v) is 19.3. The summed E-state index contributed by atoms with van der Waals surface area (Å²) in [5.41, 5.74) is 7.07. The van der Waals surface area contributed by atoms with Gasteiger partial charge in [0, 0.05) is 47.7 Å². The monoisotopic (exact) mass is 727 g/mol. The number of carbonyl (C=O) groups excluding carboxylic acids is 1. The van der Waals surface area contributed by atoms with Gasteiger partial charge in [0.25, 0.3) is 5.91 Å². The third-order valence-electron chi connectivity index (χ3n) is 9.67. The van der Waals surface area contributed by atoms with E-state index in [-0.39, 0.29) is 6.54 Å². The fourth-order valence-corrected chi connectivity index (χ4v) is 8.68. The zero-order valence-corrected chi connectivity index (χ0v) is 30.2. The Morgan fingerprint density at radius 3 is 2.24 bits per heavy atom. The molecule has 0 unspecified atom stereocenters. The van der Waals surface area contributed by atoms with Crippen molar-refractivity contribution in [3.8, 4) is 28.1 Å². The first-order valence-electron chi connectivity index (χ1n) is 17.1. The van der Waals surface area contributed by atoms with E-state index in [4.69, 9.17) is 28.2 Å². The van der Waals surface area contributed by atoms with Crippen molar-refractivity contribution in [3.63, 3.8) is 0 Å². The van der Waals surface area contributed by atoms with Crippen LogP contribution in [0.5, 0.6) is 0 Å². The Morgan fingerprint density at radius 2 is 1.58 bits per heavy atom. The highest BCUT2D eigenvalue weighted by Gasteiger charge is 2.34. The molecule has 2 aliphatic rings. The summed E-state index contributed by atoms with van der Waals surface area (Å²) in [5, 5.41) is 1.000. The number of benzene rings is 4. The Kier molecular flexibility index (Phi) is 9.91. The van der Waals surface area contributed by atoms with Crippen molar-refractivity contribution in [1.29, 1.82) is 0 Å². The predicted molar refractivity (Wildman–Crippen MR) is 203 cm³/mol. The molecule has 0 radical (unpaired) electrons. The lowest BCUT2D eigenvalue weighted by atomic mass is 9.89. The molecule has 50 heavy (non-hydrogen) atoms. The topological polar surface area (TPSA) is 87.5 Å². The van der Waals surface area contributed by atoms with Crippen molar-refractivity contribution >= 4 is 50.7 Å². The van der Waals surface area contributed by atoms with Crippen LogP contribution in [0.1, 0.15) is 50.4 Å². The van der Waals surface area contributed by atoms with Gasteiger partial charge >= 0.3 is 10.2 Å². The highest BCUT2D eigenvalue weighted by Crippen LogP contribution is 2.33. The van der Waals surface area contributed by atoms with Gasteiger partial charge in [0.05, 0.1) is 16.4 Å². The molecule has 5 aromatic rings. The summed E-state index contributed by atoms with van der Waals surface area (Å²) < 4.78 is 30.2. The van der Waals surface area contributed by atoms with Crippen molar-refractivity contribution in [3.05, 3.63) is 119 Å². The third kappa shape index (κ3) is 7.41. The summed E-state index contributed by atoms with van der Waals surface area (Å²) >= 11 is 12.8. The number of nitrogens with zero attached hydrogens (tertiary/aromatic N) is 4. The molecule has 1 amide bonds. The van der Waals surface area contributed by atoms with Gasteiger partial charge in [-0.25, -0.2) is 14.0 Å². The van der Waals surface area contributed by atoms with Crippen LogP contribution in [0.4, 0.5) is 11.4 Å². The van der Waals surface area contributed by atoms with E-state index in [9.17, 15) is 13.2 Å². The quantitative estimate of drug-likeness (QED) is 0.156. The average molecular weight is 729 g/mol. The van der Waals surface area contributed by atoms with Gasteiger partial charge in [-0.2, -0.15) is 8.42 Å². The van der Waals surface area contributed by atoms with Gasteiger partial charge in [-0.1, -0.05) is 84.9 Å². The van der Waals surface area contributed by atoms with E-state index >= 15 is 0 Å². The van der Waals surface area contributed by atoms with Gasteiger partial charge in [-0.3, -0.25) is 4.79 Å². The number of anilines is 2. The van der Waals surface area contributed by atoms with Crippen LogP contribution in [0.3, 0.4) is 0 Å². The molecule has 0 spiro atoms. The van der Waals surface area contributed by atoms with E-state index < -0.39 is 16.1 Å². The molecule has 1 saturated carbocycles. The van der Waals surface area contributed by atoms with E-state index in [1.165, 1.54) is 37.8 Å². The van der Waals surface area contributed by atoms with Gasteiger partial charge in [-0.05, 0) is 90.9 Å². The molecule has 1 aromatic heterocycles. The lowest BCUT2D eigenvalue weighted by Gasteiger charge is -2.30. The molecular formula is C39H39Cl2N5O3S. The molecule has 1 aliphatic heterocycles. The van der Waals surface area contributed by atoms with Gasteiger partial charge in [0.15, 0.2) is 0 Å². The van der Waals surface area contributed by atoms with Crippen molar-refractivity contribution in [2.45, 2.75) is 45.4 Å². The predicted octanol–water partition coefficient (Wildman–Crippen LogP) is 8.69. The molecule has 1 N–H and O–H groups in total. The number of nitrogens with one attached hydrogen (secondary N) is 1. The molecule has 1 saturated heterocycles. The van der Waals surface area contributed by atoms with Gasteiger partial charge < -0.3 is 9.47 Å². The summed E-state index contributed by atoms with van der Waals surface area (Å²) in [6, 6.07) is 29.7. The minimum atomic E-state index is -3.96. The third-order valence-corrected chi connectivity index (χ3v) is 11.6. The zero-order valence-electron chi connectivity index (χ0n) is 27.9. The number of hydrogen-bond donors (Lipinski definition) is 1. The second-order valence-electron chi connectivity index (χ2n) is 13.1. The Bertz CT molecular complexity index is 2110. The summed E-state index contributed by atoms with van der Waals surface area (Å²) in [5.74, 6) is 0.950. The molecule has 7 rings (SSSR count). The number of rotatable bonds is 10. The van der Waals surface area contributed by atoms with Crippen LogP contribution < -0.4 is 13.9 Å². The average Bonchev–Trinajstić information content (AvgIpc) is 3.66. The molecule has 4 aromatic carbocycles. The van der Waals surface area contributed by atoms with Gasteiger partial charge in [0.2, 0.25) is 0 Å². The second-order valence-corrected chi connectivity index (χ2v) is 15.5. The molecule has 2 heterocycles. The lowest BCUT2D eigenvalue weighted by molar-refractivity contribution is -0.117. The van der Waals surface area contributed by atoms with Crippen molar-refractivity contribution in [1.82, 2.24) is 14.3 Å². The summed E-state index contributed by atoms with van der Waals surface area (Å²) in [4.78, 5) is 19.4. The Hall–Kier alpha value is -4.31. The van der Waals surface area contributed by atoms with Crippen molar-refractivity contribution in [2.75, 3.05) is 28.8 Å². The highest BCUT2D eigenvalue weighted by atomic mass is 35.5. The minimum absolute atomic E-state index is 0.277. The fourth-order valence-electron chi connectivity index (χ4n) is 7.03. The van der Waals surface area contributed by atoms with Gasteiger partial charge in [-0.15, -0.1) is 0 Å². The molecule has 8 nitrogen and oxygen atoms in total. The SMILES string of the molecule is CCN(CC1CCCCC1)c1ccc(-c2ccc(Cc3nc(-c4ccc(Cl)cc4Cl)cn3-c3cccc(N4CC(=O)NS4(=O)=O)c3)cc2)cc1. The number of halogens is 2. The smallest absolute Gasteiger partial charge is 0.326 e. The van der Waals surface area contributed by atoms with Crippen LogP contribution in [0.25, 0.3) is 28.1 Å². The van der Waals surface area contributed by atoms with Crippen LogP contribution in [-0.2, 0) is 21.4 Å². The molecule has 1 aliphatic carbocycles. The lowest BCUT2D eigenvalue weighted by Crippen LogP contribution is -2.30. The minimum Gasteiger partial charge on any atom is -0.372 e. The normalized spacial score (nSPS) is 16.1. The molecule has 0 atom stereocenters. The van der Waals surface area contributed by atoms with Crippen LogP contribution in [-0.4, -0.2) is 43.5 Å². The Labute approximate surface area is 303 Å². The van der Waals surface area contributed by atoms with Crippen LogP contribution in [0, 0.1) is 5.92 Å².